The lowest BCUT2D eigenvalue weighted by Crippen LogP contribution is -2.24. The van der Waals surface area contributed by atoms with Crippen LogP contribution in [0, 0.1) is 0 Å². The largest absolute Gasteiger partial charge is 0.296 e. The zero-order valence-electron chi connectivity index (χ0n) is 12.1. The van der Waals surface area contributed by atoms with Gasteiger partial charge in [-0.15, -0.1) is 10.2 Å². The van der Waals surface area contributed by atoms with Crippen molar-refractivity contribution >= 4 is 49.8 Å². The van der Waals surface area contributed by atoms with Gasteiger partial charge in [-0.3, -0.25) is 14.4 Å². The van der Waals surface area contributed by atoms with Crippen LogP contribution < -0.4 is 9.62 Å². The summed E-state index contributed by atoms with van der Waals surface area (Å²) in [5, 5.41) is 10.8. The average molecular weight is 358 g/mol. The molecule has 118 valence electrons. The quantitative estimate of drug-likeness (QED) is 0.648. The zero-order chi connectivity index (χ0) is 16.3. The SMILES string of the molecule is CSc1nnc(NC(=O)c2ccc(N(C)S(C)(=O)=O)cc2)s1. The minimum absolute atomic E-state index is 0.322. The number of nitrogens with one attached hydrogen (secondary N) is 1. The maximum atomic E-state index is 12.1. The number of anilines is 2. The van der Waals surface area contributed by atoms with Gasteiger partial charge in [0.1, 0.15) is 0 Å². The van der Waals surface area contributed by atoms with Crippen LogP contribution >= 0.6 is 23.1 Å². The molecular weight excluding hydrogens is 344 g/mol. The molecule has 2 aromatic rings. The summed E-state index contributed by atoms with van der Waals surface area (Å²) in [5.74, 6) is -0.322. The molecule has 0 saturated heterocycles. The predicted octanol–water partition coefficient (Wildman–Crippen LogP) is 1.91. The van der Waals surface area contributed by atoms with Gasteiger partial charge in [-0.2, -0.15) is 0 Å². The van der Waals surface area contributed by atoms with Crippen molar-refractivity contribution in [3.63, 3.8) is 0 Å². The smallest absolute Gasteiger partial charge is 0.257 e. The molecule has 0 saturated carbocycles. The second-order valence-corrected chi connectivity index (χ2v) is 8.35. The van der Waals surface area contributed by atoms with Crippen molar-refractivity contribution in [3.8, 4) is 0 Å². The summed E-state index contributed by atoms with van der Waals surface area (Å²) >= 11 is 2.74. The molecule has 22 heavy (non-hydrogen) atoms. The number of amides is 1. The highest BCUT2D eigenvalue weighted by Gasteiger charge is 2.14. The van der Waals surface area contributed by atoms with Crippen LogP contribution in [0.1, 0.15) is 10.4 Å². The van der Waals surface area contributed by atoms with Gasteiger partial charge in [0.15, 0.2) is 4.34 Å². The predicted molar refractivity (Wildman–Crippen MR) is 89.3 cm³/mol. The number of hydrogen-bond donors (Lipinski definition) is 1. The highest BCUT2D eigenvalue weighted by molar-refractivity contribution is 8.00. The molecule has 0 aliphatic rings. The lowest BCUT2D eigenvalue weighted by Gasteiger charge is -2.16. The van der Waals surface area contributed by atoms with Gasteiger partial charge in [0.05, 0.1) is 11.9 Å². The Morgan fingerprint density at radius 1 is 1.27 bits per heavy atom. The Kier molecular flexibility index (Phi) is 5.04. The second kappa shape index (κ2) is 6.63. The topological polar surface area (TPSA) is 92.3 Å². The van der Waals surface area contributed by atoms with E-state index in [4.69, 9.17) is 0 Å². The van der Waals surface area contributed by atoms with E-state index in [0.717, 1.165) is 14.9 Å². The lowest BCUT2D eigenvalue weighted by atomic mass is 10.2. The first-order chi connectivity index (χ1) is 10.3. The van der Waals surface area contributed by atoms with Gasteiger partial charge in [0, 0.05) is 12.6 Å². The standard InChI is InChI=1S/C12H14N4O3S3/c1-16(22(3,18)19)9-6-4-8(5-7-9)10(17)13-11-14-15-12(20-2)21-11/h4-7H,1-3H3,(H,13,14,17). The van der Waals surface area contributed by atoms with E-state index < -0.39 is 10.0 Å². The molecule has 0 fully saturated rings. The van der Waals surface area contributed by atoms with Gasteiger partial charge in [0.25, 0.3) is 5.91 Å². The molecule has 0 aliphatic carbocycles. The van der Waals surface area contributed by atoms with Crippen LogP contribution in [0.5, 0.6) is 0 Å². The number of hydrogen-bond acceptors (Lipinski definition) is 7. The number of carbonyl (C=O) groups excluding carboxylic acids is 1. The number of rotatable bonds is 5. The number of aromatic nitrogens is 2. The third-order valence-electron chi connectivity index (χ3n) is 2.79. The van der Waals surface area contributed by atoms with Crippen LogP contribution in [0.4, 0.5) is 10.8 Å². The molecule has 1 amide bonds. The van der Waals surface area contributed by atoms with Crippen LogP contribution in [0.25, 0.3) is 0 Å². The van der Waals surface area contributed by atoms with E-state index in [2.05, 4.69) is 15.5 Å². The monoisotopic (exact) mass is 358 g/mol. The Labute approximate surface area is 136 Å². The molecule has 0 unspecified atom stereocenters. The maximum absolute atomic E-state index is 12.1. The van der Waals surface area contributed by atoms with Crippen molar-refractivity contribution in [2.45, 2.75) is 4.34 Å². The summed E-state index contributed by atoms with van der Waals surface area (Å²) in [6.07, 6.45) is 3.00. The average Bonchev–Trinajstić information content (AvgIpc) is 2.93. The first-order valence-corrected chi connectivity index (χ1v) is 9.93. The Morgan fingerprint density at radius 2 is 1.91 bits per heavy atom. The van der Waals surface area contributed by atoms with E-state index in [1.165, 1.54) is 30.1 Å². The Balaban J connectivity index is 2.11. The van der Waals surface area contributed by atoms with E-state index in [1.54, 1.807) is 24.3 Å². The molecule has 0 atom stereocenters. The molecule has 2 rings (SSSR count). The lowest BCUT2D eigenvalue weighted by molar-refractivity contribution is 0.102. The van der Waals surface area contributed by atoms with Crippen molar-refractivity contribution in [1.82, 2.24) is 10.2 Å². The van der Waals surface area contributed by atoms with Gasteiger partial charge < -0.3 is 0 Å². The summed E-state index contributed by atoms with van der Waals surface area (Å²) in [7, 11) is -1.87. The van der Waals surface area contributed by atoms with Crippen LogP contribution in [0.2, 0.25) is 0 Å². The molecule has 1 N–H and O–H groups in total. The van der Waals surface area contributed by atoms with E-state index in [0.29, 0.717) is 16.4 Å². The van der Waals surface area contributed by atoms with Crippen LogP contribution in [0.15, 0.2) is 28.6 Å². The summed E-state index contributed by atoms with van der Waals surface area (Å²) in [4.78, 5) is 12.1. The highest BCUT2D eigenvalue weighted by Crippen LogP contribution is 2.24. The fourth-order valence-corrected chi connectivity index (χ4v) is 3.20. The van der Waals surface area contributed by atoms with Crippen molar-refractivity contribution in [2.24, 2.45) is 0 Å². The normalized spacial score (nSPS) is 11.2. The summed E-state index contributed by atoms with van der Waals surface area (Å²) in [6.45, 7) is 0. The van der Waals surface area contributed by atoms with Crippen molar-refractivity contribution in [2.75, 3.05) is 29.2 Å². The molecule has 0 bridgehead atoms. The van der Waals surface area contributed by atoms with Gasteiger partial charge in [-0.25, -0.2) is 8.42 Å². The first-order valence-electron chi connectivity index (χ1n) is 6.04. The van der Waals surface area contributed by atoms with Crippen molar-refractivity contribution in [3.05, 3.63) is 29.8 Å². The minimum Gasteiger partial charge on any atom is -0.296 e. The maximum Gasteiger partial charge on any atom is 0.257 e. The number of carbonyl (C=O) groups is 1. The van der Waals surface area contributed by atoms with Gasteiger partial charge in [-0.1, -0.05) is 23.1 Å². The molecular formula is C12H14N4O3S3. The number of sulfonamides is 1. The molecule has 10 heteroatoms. The van der Waals surface area contributed by atoms with E-state index in [1.807, 2.05) is 6.26 Å². The first kappa shape index (κ1) is 16.7. The molecule has 0 radical (unpaired) electrons. The van der Waals surface area contributed by atoms with Gasteiger partial charge in [0.2, 0.25) is 15.2 Å². The highest BCUT2D eigenvalue weighted by atomic mass is 32.2. The van der Waals surface area contributed by atoms with Crippen LogP contribution in [-0.4, -0.2) is 44.1 Å². The molecule has 0 aliphatic heterocycles. The zero-order valence-corrected chi connectivity index (χ0v) is 14.6. The Hall–Kier alpha value is -1.65. The number of nitrogens with zero attached hydrogens (tertiary/aromatic N) is 3. The molecule has 7 nitrogen and oxygen atoms in total. The van der Waals surface area contributed by atoms with E-state index in [9.17, 15) is 13.2 Å². The Morgan fingerprint density at radius 3 is 2.41 bits per heavy atom. The molecule has 1 aromatic carbocycles. The summed E-state index contributed by atoms with van der Waals surface area (Å²) in [6, 6.07) is 6.26. The van der Waals surface area contributed by atoms with Crippen LogP contribution in [-0.2, 0) is 10.0 Å². The molecule has 1 aromatic heterocycles. The third kappa shape index (κ3) is 3.96. The van der Waals surface area contributed by atoms with Crippen LogP contribution in [0.3, 0.4) is 0 Å². The Bertz CT molecular complexity index is 771. The fourth-order valence-electron chi connectivity index (χ4n) is 1.53. The minimum atomic E-state index is -3.32. The van der Waals surface area contributed by atoms with Crippen molar-refractivity contribution < 1.29 is 13.2 Å². The van der Waals surface area contributed by atoms with Gasteiger partial charge in [-0.05, 0) is 30.5 Å². The molecule has 1 heterocycles. The number of thioether (sulfide) groups is 1. The molecule has 0 spiro atoms. The number of benzene rings is 1. The summed E-state index contributed by atoms with van der Waals surface area (Å²) < 4.78 is 24.8. The summed E-state index contributed by atoms with van der Waals surface area (Å²) in [5.41, 5.74) is 0.895. The van der Waals surface area contributed by atoms with Gasteiger partial charge >= 0.3 is 0 Å². The van der Waals surface area contributed by atoms with E-state index in [-0.39, 0.29) is 5.91 Å². The van der Waals surface area contributed by atoms with Crippen molar-refractivity contribution in [1.29, 1.82) is 0 Å². The fraction of sp³-hybridized carbons (Fsp3) is 0.250. The second-order valence-electron chi connectivity index (χ2n) is 4.31. The van der Waals surface area contributed by atoms with E-state index >= 15 is 0 Å². The third-order valence-corrected chi connectivity index (χ3v) is 5.81.